The molecule has 1 amide bonds. The molecule has 28 heavy (non-hydrogen) atoms. The van der Waals surface area contributed by atoms with Crippen LogP contribution in [0.15, 0.2) is 45.8 Å². The number of nitro groups is 1. The van der Waals surface area contributed by atoms with E-state index in [2.05, 4.69) is 21.2 Å². The lowest BCUT2D eigenvalue weighted by atomic mass is 10.0. The Morgan fingerprint density at radius 2 is 1.89 bits per heavy atom. The SMILES string of the molecule is CC(C)c1cc(Br)c(NC(=O)c2cccc([N+](=O)[O-])c2)c([S+]([O-])C(F)(F)F)c1. The van der Waals surface area contributed by atoms with Gasteiger partial charge in [-0.05, 0) is 45.6 Å². The number of benzene rings is 2. The van der Waals surface area contributed by atoms with E-state index >= 15 is 0 Å². The highest BCUT2D eigenvalue weighted by molar-refractivity contribution is 9.10. The van der Waals surface area contributed by atoms with Crippen molar-refractivity contribution >= 4 is 44.4 Å². The van der Waals surface area contributed by atoms with E-state index in [-0.39, 0.29) is 27.3 Å². The number of non-ortho nitro benzene ring substituents is 1. The number of nitro benzene ring substituents is 1. The average molecular weight is 479 g/mol. The van der Waals surface area contributed by atoms with Gasteiger partial charge in [0.15, 0.2) is 4.90 Å². The number of anilines is 1. The molecule has 0 spiro atoms. The summed E-state index contributed by atoms with van der Waals surface area (Å²) in [6.45, 7) is 3.51. The Morgan fingerprint density at radius 1 is 1.25 bits per heavy atom. The first-order valence-electron chi connectivity index (χ1n) is 7.79. The molecule has 0 fully saturated rings. The summed E-state index contributed by atoms with van der Waals surface area (Å²) in [5.41, 5.74) is -5.32. The van der Waals surface area contributed by atoms with E-state index in [9.17, 15) is 32.6 Å². The van der Waals surface area contributed by atoms with Crippen LogP contribution in [-0.4, -0.2) is 20.9 Å². The maximum atomic E-state index is 13.1. The third-order valence-corrected chi connectivity index (χ3v) is 5.48. The summed E-state index contributed by atoms with van der Waals surface area (Å²) in [5.74, 6) is -1.02. The summed E-state index contributed by atoms with van der Waals surface area (Å²) >= 11 is -0.272. The van der Waals surface area contributed by atoms with Crippen LogP contribution in [0.3, 0.4) is 0 Å². The van der Waals surface area contributed by atoms with Crippen molar-refractivity contribution in [3.8, 4) is 0 Å². The number of rotatable bonds is 5. The quantitative estimate of drug-likeness (QED) is 0.355. The molecule has 0 saturated heterocycles. The maximum absolute atomic E-state index is 13.1. The van der Waals surface area contributed by atoms with Gasteiger partial charge in [-0.1, -0.05) is 19.9 Å². The predicted molar refractivity (Wildman–Crippen MR) is 102 cm³/mol. The normalized spacial score (nSPS) is 12.7. The van der Waals surface area contributed by atoms with Crippen molar-refractivity contribution in [1.82, 2.24) is 0 Å². The zero-order chi connectivity index (χ0) is 21.2. The molecule has 2 aromatic rings. The third kappa shape index (κ3) is 5.03. The Hall–Kier alpha value is -2.11. The first-order chi connectivity index (χ1) is 12.9. The molecule has 1 unspecified atom stereocenters. The van der Waals surface area contributed by atoms with Crippen LogP contribution >= 0.6 is 15.9 Å². The highest BCUT2D eigenvalue weighted by Gasteiger charge is 2.48. The van der Waals surface area contributed by atoms with Gasteiger partial charge in [-0.25, -0.2) is 0 Å². The van der Waals surface area contributed by atoms with E-state index in [1.54, 1.807) is 13.8 Å². The van der Waals surface area contributed by atoms with Crippen molar-refractivity contribution in [2.24, 2.45) is 0 Å². The fourth-order valence-corrected chi connectivity index (χ4v) is 3.82. The zero-order valence-electron chi connectivity index (χ0n) is 14.5. The number of carbonyl (C=O) groups excluding carboxylic acids is 1. The van der Waals surface area contributed by atoms with Crippen molar-refractivity contribution in [1.29, 1.82) is 0 Å². The van der Waals surface area contributed by atoms with Crippen molar-refractivity contribution < 1.29 is 27.4 Å². The number of halogens is 4. The topological polar surface area (TPSA) is 95.3 Å². The Bertz CT molecular complexity index is 922. The summed E-state index contributed by atoms with van der Waals surface area (Å²) < 4.78 is 51.4. The lowest BCUT2D eigenvalue weighted by Gasteiger charge is -2.19. The third-order valence-electron chi connectivity index (χ3n) is 3.71. The second-order valence-corrected chi connectivity index (χ2v) is 8.30. The standard InChI is InChI=1S/C17H14BrF3N2O4S/c1-9(2)11-7-13(18)15(14(8-11)28(27)17(19,20)21)22-16(24)10-4-3-5-12(6-10)23(25)26/h3-9H,1-2H3,(H,22,24). The molecule has 11 heteroatoms. The number of amides is 1. The summed E-state index contributed by atoms with van der Waals surface area (Å²) in [5, 5.41) is 13.1. The molecule has 1 atom stereocenters. The Morgan fingerprint density at radius 3 is 2.43 bits per heavy atom. The predicted octanol–water partition coefficient (Wildman–Crippen LogP) is 5.36. The summed E-state index contributed by atoms with van der Waals surface area (Å²) in [4.78, 5) is 22.0. The molecule has 0 heterocycles. The second-order valence-electron chi connectivity index (χ2n) is 6.01. The fourth-order valence-electron chi connectivity index (χ4n) is 2.27. The molecule has 2 rings (SSSR count). The van der Waals surface area contributed by atoms with Crippen LogP contribution in [-0.2, 0) is 11.2 Å². The zero-order valence-corrected chi connectivity index (χ0v) is 16.9. The molecular formula is C17H14BrF3N2O4S. The number of alkyl halides is 3. The molecule has 1 N–H and O–H groups in total. The lowest BCUT2D eigenvalue weighted by molar-refractivity contribution is -0.384. The monoisotopic (exact) mass is 478 g/mol. The fraction of sp³-hybridized carbons (Fsp3) is 0.235. The molecule has 0 saturated carbocycles. The highest BCUT2D eigenvalue weighted by atomic mass is 79.9. The number of carbonyl (C=O) groups is 1. The van der Waals surface area contributed by atoms with Gasteiger partial charge in [0.1, 0.15) is 16.9 Å². The molecule has 150 valence electrons. The maximum Gasteiger partial charge on any atom is 0.578 e. The van der Waals surface area contributed by atoms with Crippen LogP contribution in [0.5, 0.6) is 0 Å². The number of hydrogen-bond donors (Lipinski definition) is 1. The molecule has 0 aliphatic heterocycles. The molecule has 0 radical (unpaired) electrons. The summed E-state index contributed by atoms with van der Waals surface area (Å²) in [6, 6.07) is 7.37. The van der Waals surface area contributed by atoms with Gasteiger partial charge in [-0.3, -0.25) is 14.9 Å². The minimum absolute atomic E-state index is 0.116. The smallest absolute Gasteiger partial charge is 0.578 e. The average Bonchev–Trinajstić information content (AvgIpc) is 2.61. The first kappa shape index (κ1) is 22.2. The van der Waals surface area contributed by atoms with Crippen molar-refractivity contribution in [3.63, 3.8) is 0 Å². The van der Waals surface area contributed by atoms with Crippen LogP contribution in [0.1, 0.15) is 35.7 Å². The van der Waals surface area contributed by atoms with Gasteiger partial charge in [0, 0.05) is 22.2 Å². The van der Waals surface area contributed by atoms with Gasteiger partial charge in [-0.2, -0.15) is 0 Å². The Labute approximate surface area is 169 Å². The molecule has 0 bridgehead atoms. The number of nitrogens with zero attached hydrogens (tertiary/aromatic N) is 1. The summed E-state index contributed by atoms with van der Waals surface area (Å²) in [6.07, 6.45) is 0. The molecule has 0 aromatic heterocycles. The molecular weight excluding hydrogens is 465 g/mol. The number of hydrogen-bond acceptors (Lipinski definition) is 4. The second kappa shape index (κ2) is 8.50. The molecule has 6 nitrogen and oxygen atoms in total. The van der Waals surface area contributed by atoms with E-state index in [0.717, 1.165) is 12.1 Å². The Kier molecular flexibility index (Phi) is 6.73. The largest absolute Gasteiger partial charge is 0.604 e. The van der Waals surface area contributed by atoms with Gasteiger partial charge in [0.05, 0.1) is 4.92 Å². The van der Waals surface area contributed by atoms with Crippen molar-refractivity contribution in [2.75, 3.05) is 5.32 Å². The molecule has 0 aliphatic carbocycles. The van der Waals surface area contributed by atoms with Crippen LogP contribution in [0.25, 0.3) is 0 Å². The first-order valence-corrected chi connectivity index (χ1v) is 9.74. The van der Waals surface area contributed by atoms with Crippen molar-refractivity contribution in [3.05, 3.63) is 62.1 Å². The highest BCUT2D eigenvalue weighted by Crippen LogP contribution is 2.40. The van der Waals surface area contributed by atoms with E-state index in [0.29, 0.717) is 5.56 Å². The molecule has 0 aliphatic rings. The van der Waals surface area contributed by atoms with E-state index in [4.69, 9.17) is 0 Å². The van der Waals surface area contributed by atoms with Crippen LogP contribution in [0, 0.1) is 10.1 Å². The van der Waals surface area contributed by atoms with Gasteiger partial charge in [0.2, 0.25) is 0 Å². The van der Waals surface area contributed by atoms with E-state index < -0.39 is 32.4 Å². The van der Waals surface area contributed by atoms with Gasteiger partial charge in [0.25, 0.3) is 11.6 Å². The lowest BCUT2D eigenvalue weighted by Crippen LogP contribution is -2.25. The minimum atomic E-state index is -5.03. The van der Waals surface area contributed by atoms with Gasteiger partial charge in [-0.15, -0.1) is 13.2 Å². The number of nitrogens with one attached hydrogen (secondary N) is 1. The van der Waals surface area contributed by atoms with E-state index in [1.807, 2.05) is 0 Å². The van der Waals surface area contributed by atoms with Crippen LogP contribution in [0.2, 0.25) is 0 Å². The van der Waals surface area contributed by atoms with Gasteiger partial charge < -0.3 is 9.87 Å². The minimum Gasteiger partial charge on any atom is -0.604 e. The van der Waals surface area contributed by atoms with Crippen LogP contribution < -0.4 is 5.32 Å². The molecule has 2 aromatic carbocycles. The van der Waals surface area contributed by atoms with Gasteiger partial charge >= 0.3 is 5.51 Å². The Balaban J connectivity index is 2.51. The van der Waals surface area contributed by atoms with Crippen molar-refractivity contribution in [2.45, 2.75) is 30.2 Å². The summed E-state index contributed by atoms with van der Waals surface area (Å²) in [7, 11) is 0. The van der Waals surface area contributed by atoms with Crippen LogP contribution in [0.4, 0.5) is 24.5 Å². The van der Waals surface area contributed by atoms with E-state index in [1.165, 1.54) is 24.3 Å².